The molecule has 1 aromatic carbocycles. The number of likely N-dealkylation sites (tertiary alicyclic amines) is 1. The summed E-state index contributed by atoms with van der Waals surface area (Å²) in [7, 11) is 3.48. The van der Waals surface area contributed by atoms with E-state index in [0.717, 1.165) is 27.5 Å². The molecule has 1 saturated heterocycles. The van der Waals surface area contributed by atoms with Crippen molar-refractivity contribution >= 4 is 22.4 Å². The smallest absolute Gasteiger partial charge is 0.244 e. The highest BCUT2D eigenvalue weighted by Gasteiger charge is 2.31. The van der Waals surface area contributed by atoms with Crippen molar-refractivity contribution < 1.29 is 9.13 Å². The molecule has 0 bridgehead atoms. The maximum absolute atomic E-state index is 14.2. The first-order valence-electron chi connectivity index (χ1n) is 9.50. The second-order valence-electron chi connectivity index (χ2n) is 7.37. The molecule has 0 amide bonds. The minimum absolute atomic E-state index is 0.342. The predicted octanol–water partition coefficient (Wildman–Crippen LogP) is 3.02. The third-order valence-corrected chi connectivity index (χ3v) is 5.33. The molecular weight excluding hydrogens is 371 g/mol. The number of ether oxygens (including phenoxy) is 1. The molecule has 0 unspecified atom stereocenters. The van der Waals surface area contributed by atoms with E-state index in [9.17, 15) is 4.39 Å². The topological polar surface area (TPSA) is 67.6 Å². The van der Waals surface area contributed by atoms with Gasteiger partial charge >= 0.3 is 0 Å². The number of pyridine rings is 1. The molecule has 8 heteroatoms. The zero-order valence-corrected chi connectivity index (χ0v) is 16.2. The number of likely N-dealkylation sites (N-methyl/N-ethyl adjacent to an activating group) is 1. The zero-order chi connectivity index (χ0) is 20.0. The van der Waals surface area contributed by atoms with E-state index in [1.165, 1.54) is 0 Å². The molecule has 0 aliphatic carbocycles. The van der Waals surface area contributed by atoms with Crippen LogP contribution in [0.15, 0.2) is 48.8 Å². The van der Waals surface area contributed by atoms with Crippen molar-refractivity contribution in [3.63, 3.8) is 0 Å². The molecule has 148 valence electrons. The second kappa shape index (κ2) is 6.97. The van der Waals surface area contributed by atoms with Gasteiger partial charge in [-0.15, -0.1) is 5.10 Å². The number of fused-ring (bicyclic) bond motifs is 2. The number of benzene rings is 1. The largest absolute Gasteiger partial charge is 0.479 e. The molecule has 1 N–H and O–H groups in total. The molecule has 7 nitrogen and oxygen atoms in total. The highest BCUT2D eigenvalue weighted by atomic mass is 19.1. The number of rotatable bonds is 4. The number of nitrogens with zero attached hydrogens (tertiary/aromatic N) is 5. The number of alkyl halides is 1. The number of nitrogens with one attached hydrogen (secondary N) is 1. The first-order valence-corrected chi connectivity index (χ1v) is 9.50. The molecule has 1 aliphatic rings. The van der Waals surface area contributed by atoms with Gasteiger partial charge in [0.05, 0.1) is 18.7 Å². The van der Waals surface area contributed by atoms with Crippen LogP contribution in [0.25, 0.3) is 27.5 Å². The fourth-order valence-electron chi connectivity index (χ4n) is 3.92. The van der Waals surface area contributed by atoms with Gasteiger partial charge in [0.1, 0.15) is 11.7 Å². The van der Waals surface area contributed by atoms with E-state index >= 15 is 0 Å². The van der Waals surface area contributed by atoms with Crippen LogP contribution in [-0.4, -0.2) is 63.9 Å². The number of anilines is 1. The van der Waals surface area contributed by atoms with Crippen molar-refractivity contribution in [1.29, 1.82) is 0 Å². The SMILES string of the molecule is COc1nc(N[C@H]2CN(C)C[C@H]2F)nn2ccc(-c3ccc4ncccc4c3)c12. The van der Waals surface area contributed by atoms with Gasteiger partial charge in [0, 0.05) is 36.4 Å². The van der Waals surface area contributed by atoms with Gasteiger partial charge in [-0.3, -0.25) is 4.98 Å². The molecule has 4 heterocycles. The average molecular weight is 392 g/mol. The van der Waals surface area contributed by atoms with Crippen LogP contribution < -0.4 is 10.1 Å². The summed E-state index contributed by atoms with van der Waals surface area (Å²) in [6.07, 6.45) is 2.68. The minimum atomic E-state index is -0.961. The van der Waals surface area contributed by atoms with E-state index < -0.39 is 6.17 Å². The summed E-state index contributed by atoms with van der Waals surface area (Å²) in [5.41, 5.74) is 3.69. The van der Waals surface area contributed by atoms with Crippen LogP contribution in [-0.2, 0) is 0 Å². The van der Waals surface area contributed by atoms with Gasteiger partial charge in [-0.1, -0.05) is 12.1 Å². The van der Waals surface area contributed by atoms with Gasteiger partial charge in [-0.05, 0) is 36.9 Å². The Labute approximate surface area is 167 Å². The third kappa shape index (κ3) is 3.15. The zero-order valence-electron chi connectivity index (χ0n) is 16.2. The first-order chi connectivity index (χ1) is 14.1. The summed E-state index contributed by atoms with van der Waals surface area (Å²) >= 11 is 0. The molecule has 1 aliphatic heterocycles. The molecule has 1 fully saturated rings. The van der Waals surface area contributed by atoms with Crippen LogP contribution >= 0.6 is 0 Å². The second-order valence-corrected chi connectivity index (χ2v) is 7.37. The van der Waals surface area contributed by atoms with Crippen molar-refractivity contribution in [1.82, 2.24) is 24.5 Å². The monoisotopic (exact) mass is 392 g/mol. The van der Waals surface area contributed by atoms with E-state index in [2.05, 4.69) is 26.4 Å². The van der Waals surface area contributed by atoms with Gasteiger partial charge in [0.2, 0.25) is 11.8 Å². The van der Waals surface area contributed by atoms with E-state index in [1.807, 2.05) is 48.5 Å². The van der Waals surface area contributed by atoms with Crippen LogP contribution in [0.4, 0.5) is 10.3 Å². The lowest BCUT2D eigenvalue weighted by Gasteiger charge is -2.15. The predicted molar refractivity (Wildman–Crippen MR) is 110 cm³/mol. The molecular formula is C21H21FN6O. The maximum atomic E-state index is 14.2. The highest BCUT2D eigenvalue weighted by molar-refractivity contribution is 5.90. The number of methoxy groups -OCH3 is 1. The van der Waals surface area contributed by atoms with E-state index in [0.29, 0.717) is 24.9 Å². The van der Waals surface area contributed by atoms with E-state index in [-0.39, 0.29) is 6.04 Å². The summed E-state index contributed by atoms with van der Waals surface area (Å²) in [6.45, 7) is 1.01. The van der Waals surface area contributed by atoms with Crippen molar-refractivity contribution in [3.8, 4) is 17.0 Å². The number of halogens is 1. The summed E-state index contributed by atoms with van der Waals surface area (Å²) in [4.78, 5) is 10.8. The third-order valence-electron chi connectivity index (χ3n) is 5.33. The fraction of sp³-hybridized carbons (Fsp3) is 0.286. The van der Waals surface area contributed by atoms with Crippen molar-refractivity contribution in [2.45, 2.75) is 12.2 Å². The number of hydrogen-bond donors (Lipinski definition) is 1. The summed E-state index contributed by atoms with van der Waals surface area (Å²) in [6, 6.07) is 11.7. The maximum Gasteiger partial charge on any atom is 0.244 e. The minimum Gasteiger partial charge on any atom is -0.479 e. The molecule has 3 aromatic heterocycles. The molecule has 2 atom stereocenters. The van der Waals surface area contributed by atoms with Crippen LogP contribution in [0, 0.1) is 0 Å². The van der Waals surface area contributed by atoms with Crippen LogP contribution in [0.2, 0.25) is 0 Å². The van der Waals surface area contributed by atoms with Gasteiger partial charge in [0.15, 0.2) is 0 Å². The number of aromatic nitrogens is 4. The Morgan fingerprint density at radius 3 is 2.90 bits per heavy atom. The van der Waals surface area contributed by atoms with Crippen molar-refractivity contribution in [2.75, 3.05) is 32.6 Å². The first kappa shape index (κ1) is 17.8. The highest BCUT2D eigenvalue weighted by Crippen LogP contribution is 2.33. The lowest BCUT2D eigenvalue weighted by Crippen LogP contribution is -2.30. The Balaban J connectivity index is 1.56. The van der Waals surface area contributed by atoms with Crippen LogP contribution in [0.5, 0.6) is 5.88 Å². The lowest BCUT2D eigenvalue weighted by molar-refractivity contribution is 0.313. The summed E-state index contributed by atoms with van der Waals surface area (Å²) in [5, 5.41) is 8.70. The molecule has 0 saturated carbocycles. The Kier molecular flexibility index (Phi) is 4.28. The fourth-order valence-corrected chi connectivity index (χ4v) is 3.92. The summed E-state index contributed by atoms with van der Waals surface area (Å²) < 4.78 is 21.5. The normalized spacial score (nSPS) is 19.8. The van der Waals surface area contributed by atoms with E-state index in [4.69, 9.17) is 4.74 Å². The summed E-state index contributed by atoms with van der Waals surface area (Å²) in [5.74, 6) is 0.790. The van der Waals surface area contributed by atoms with Crippen LogP contribution in [0.1, 0.15) is 0 Å². The standard InChI is InChI=1S/C21H21FN6O/c1-27-11-16(22)18(12-27)24-21-25-20(29-2)19-15(7-9-28(19)26-21)13-5-6-17-14(10-13)4-3-8-23-17/h3-10,16,18H,11-12H2,1-2H3,(H,24,26)/t16-,18+/m1/s1. The Morgan fingerprint density at radius 2 is 2.10 bits per heavy atom. The Morgan fingerprint density at radius 1 is 1.21 bits per heavy atom. The molecule has 29 heavy (non-hydrogen) atoms. The number of hydrogen-bond acceptors (Lipinski definition) is 6. The molecule has 0 spiro atoms. The Hall–Kier alpha value is -3.26. The van der Waals surface area contributed by atoms with Gasteiger partial charge in [-0.2, -0.15) is 4.98 Å². The van der Waals surface area contributed by atoms with Gasteiger partial charge in [0.25, 0.3) is 0 Å². The molecule has 4 aromatic rings. The van der Waals surface area contributed by atoms with Crippen molar-refractivity contribution in [2.24, 2.45) is 0 Å². The Bertz CT molecular complexity index is 1190. The van der Waals surface area contributed by atoms with Gasteiger partial charge in [-0.25, -0.2) is 8.91 Å². The molecule has 0 radical (unpaired) electrons. The quantitative estimate of drug-likeness (QED) is 0.576. The van der Waals surface area contributed by atoms with Crippen LogP contribution in [0.3, 0.4) is 0 Å². The van der Waals surface area contributed by atoms with Gasteiger partial charge < -0.3 is 15.0 Å². The average Bonchev–Trinajstić information content (AvgIpc) is 3.29. The van der Waals surface area contributed by atoms with E-state index in [1.54, 1.807) is 17.8 Å². The molecule has 5 rings (SSSR count). The van der Waals surface area contributed by atoms with Crippen molar-refractivity contribution in [3.05, 3.63) is 48.8 Å². The lowest BCUT2D eigenvalue weighted by atomic mass is 10.0.